The van der Waals surface area contributed by atoms with E-state index >= 15 is 0 Å². The van der Waals surface area contributed by atoms with E-state index in [9.17, 15) is 14.0 Å². The van der Waals surface area contributed by atoms with Gasteiger partial charge in [-0.1, -0.05) is 44.2 Å². The van der Waals surface area contributed by atoms with Gasteiger partial charge >= 0.3 is 0 Å². The predicted molar refractivity (Wildman–Crippen MR) is 104 cm³/mol. The fourth-order valence-electron chi connectivity index (χ4n) is 4.30. The number of piperidine rings is 1. The molecule has 3 rings (SSSR count). The fourth-order valence-corrected chi connectivity index (χ4v) is 4.30. The Balaban J connectivity index is 1.35. The minimum atomic E-state index is -0.463. The standard InChI is InChI=1S/C22H31FN2O2/c23-20-9-5-4-8-19(20)22(27)25-14-12-18(13-15-25)16-24-21(26)11-10-17-6-2-1-3-7-17/h4-5,8-9,17-18H,1-3,6-7,10-16H2,(H,24,26). The van der Waals surface area contributed by atoms with Gasteiger partial charge in [-0.05, 0) is 43.2 Å². The second-order valence-corrected chi connectivity index (χ2v) is 8.06. The molecule has 0 aromatic heterocycles. The summed E-state index contributed by atoms with van der Waals surface area (Å²) in [7, 11) is 0. The Morgan fingerprint density at radius 2 is 1.70 bits per heavy atom. The molecule has 2 aliphatic rings. The summed E-state index contributed by atoms with van der Waals surface area (Å²) < 4.78 is 13.8. The number of benzene rings is 1. The number of amides is 2. The van der Waals surface area contributed by atoms with Gasteiger partial charge in [0.15, 0.2) is 0 Å². The van der Waals surface area contributed by atoms with Crippen molar-refractivity contribution in [3.63, 3.8) is 0 Å². The molecule has 5 heteroatoms. The first-order valence-electron chi connectivity index (χ1n) is 10.4. The molecular formula is C22H31FN2O2. The van der Waals surface area contributed by atoms with Crippen molar-refractivity contribution in [1.29, 1.82) is 0 Å². The Hall–Kier alpha value is -1.91. The van der Waals surface area contributed by atoms with Crippen molar-refractivity contribution in [3.8, 4) is 0 Å². The summed E-state index contributed by atoms with van der Waals surface area (Å²) in [6, 6.07) is 6.14. The van der Waals surface area contributed by atoms with Crippen molar-refractivity contribution in [1.82, 2.24) is 10.2 Å². The lowest BCUT2D eigenvalue weighted by molar-refractivity contribution is -0.121. The zero-order chi connectivity index (χ0) is 19.1. The highest BCUT2D eigenvalue weighted by molar-refractivity contribution is 5.94. The van der Waals surface area contributed by atoms with Gasteiger partial charge in [-0.2, -0.15) is 0 Å². The van der Waals surface area contributed by atoms with Crippen molar-refractivity contribution in [3.05, 3.63) is 35.6 Å². The molecule has 1 saturated heterocycles. The lowest BCUT2D eigenvalue weighted by Crippen LogP contribution is -2.41. The topological polar surface area (TPSA) is 49.4 Å². The van der Waals surface area contributed by atoms with E-state index < -0.39 is 5.82 Å². The second kappa shape index (κ2) is 9.86. The van der Waals surface area contributed by atoms with Gasteiger partial charge in [0.2, 0.25) is 5.91 Å². The molecule has 1 N–H and O–H groups in total. The maximum atomic E-state index is 13.8. The summed E-state index contributed by atoms with van der Waals surface area (Å²) in [5, 5.41) is 3.07. The average molecular weight is 375 g/mol. The lowest BCUT2D eigenvalue weighted by Gasteiger charge is -2.32. The van der Waals surface area contributed by atoms with Gasteiger partial charge in [-0.25, -0.2) is 4.39 Å². The number of likely N-dealkylation sites (tertiary alicyclic amines) is 1. The number of hydrogen-bond donors (Lipinski definition) is 1. The van der Waals surface area contributed by atoms with Crippen molar-refractivity contribution < 1.29 is 14.0 Å². The SMILES string of the molecule is O=C(CCC1CCCCC1)NCC1CCN(C(=O)c2ccccc2F)CC1. The van der Waals surface area contributed by atoms with Crippen LogP contribution in [0.3, 0.4) is 0 Å². The van der Waals surface area contributed by atoms with E-state index in [0.717, 1.165) is 25.2 Å². The van der Waals surface area contributed by atoms with Crippen LogP contribution in [0.4, 0.5) is 4.39 Å². The molecular weight excluding hydrogens is 343 g/mol. The third-order valence-corrected chi connectivity index (χ3v) is 6.10. The van der Waals surface area contributed by atoms with Crippen LogP contribution >= 0.6 is 0 Å². The highest BCUT2D eigenvalue weighted by Gasteiger charge is 2.25. The summed E-state index contributed by atoms with van der Waals surface area (Å²) >= 11 is 0. The highest BCUT2D eigenvalue weighted by Crippen LogP contribution is 2.27. The molecule has 1 saturated carbocycles. The summed E-state index contributed by atoms with van der Waals surface area (Å²) in [6.07, 6.45) is 9.89. The fraction of sp³-hybridized carbons (Fsp3) is 0.636. The van der Waals surface area contributed by atoms with Crippen LogP contribution in [-0.4, -0.2) is 36.3 Å². The molecule has 2 fully saturated rings. The molecule has 0 radical (unpaired) electrons. The first-order valence-corrected chi connectivity index (χ1v) is 10.4. The largest absolute Gasteiger partial charge is 0.356 e. The molecule has 0 atom stereocenters. The maximum absolute atomic E-state index is 13.8. The van der Waals surface area contributed by atoms with Gasteiger partial charge < -0.3 is 10.2 Å². The van der Waals surface area contributed by atoms with E-state index in [4.69, 9.17) is 0 Å². The summed E-state index contributed by atoms with van der Waals surface area (Å²) in [5.41, 5.74) is 0.145. The molecule has 4 nitrogen and oxygen atoms in total. The Morgan fingerprint density at radius 3 is 2.41 bits per heavy atom. The van der Waals surface area contributed by atoms with Crippen LogP contribution < -0.4 is 5.32 Å². The molecule has 0 bridgehead atoms. The summed E-state index contributed by atoms with van der Waals surface area (Å²) in [5.74, 6) is 0.591. The number of hydrogen-bond acceptors (Lipinski definition) is 2. The monoisotopic (exact) mass is 374 g/mol. The zero-order valence-electron chi connectivity index (χ0n) is 16.1. The Labute approximate surface area is 161 Å². The van der Waals surface area contributed by atoms with Crippen molar-refractivity contribution >= 4 is 11.8 Å². The number of halogens is 1. The van der Waals surface area contributed by atoms with Crippen LogP contribution in [0.5, 0.6) is 0 Å². The van der Waals surface area contributed by atoms with Crippen LogP contribution in [0, 0.1) is 17.7 Å². The highest BCUT2D eigenvalue weighted by atomic mass is 19.1. The van der Waals surface area contributed by atoms with Crippen LogP contribution in [0.1, 0.15) is 68.1 Å². The van der Waals surface area contributed by atoms with Gasteiger partial charge in [-0.3, -0.25) is 9.59 Å². The van der Waals surface area contributed by atoms with Crippen LogP contribution in [0.2, 0.25) is 0 Å². The molecule has 1 heterocycles. The Morgan fingerprint density at radius 1 is 1.00 bits per heavy atom. The molecule has 1 aliphatic heterocycles. The maximum Gasteiger partial charge on any atom is 0.256 e. The predicted octanol–water partition coefficient (Wildman–Crippen LogP) is 4.15. The van der Waals surface area contributed by atoms with Crippen LogP contribution in [-0.2, 0) is 4.79 Å². The number of nitrogens with zero attached hydrogens (tertiary/aromatic N) is 1. The van der Waals surface area contributed by atoms with Gasteiger partial charge in [0, 0.05) is 26.1 Å². The Bertz CT molecular complexity index is 635. The third kappa shape index (κ3) is 5.78. The van der Waals surface area contributed by atoms with Gasteiger partial charge in [0.05, 0.1) is 5.56 Å². The average Bonchev–Trinajstić information content (AvgIpc) is 2.72. The summed E-state index contributed by atoms with van der Waals surface area (Å²) in [6.45, 7) is 1.93. The minimum absolute atomic E-state index is 0.145. The van der Waals surface area contributed by atoms with Crippen molar-refractivity contribution in [2.24, 2.45) is 11.8 Å². The molecule has 1 aromatic rings. The van der Waals surface area contributed by atoms with Crippen molar-refractivity contribution in [2.75, 3.05) is 19.6 Å². The molecule has 0 unspecified atom stereocenters. The van der Waals surface area contributed by atoms with Crippen LogP contribution in [0.15, 0.2) is 24.3 Å². The first-order chi connectivity index (χ1) is 13.1. The van der Waals surface area contributed by atoms with E-state index in [1.807, 2.05) is 0 Å². The summed E-state index contributed by atoms with van der Waals surface area (Å²) in [4.78, 5) is 26.3. The molecule has 2 amide bonds. The number of carbonyl (C=O) groups is 2. The zero-order valence-corrected chi connectivity index (χ0v) is 16.1. The third-order valence-electron chi connectivity index (χ3n) is 6.10. The van der Waals surface area contributed by atoms with Gasteiger partial charge in [0.1, 0.15) is 5.82 Å². The lowest BCUT2D eigenvalue weighted by atomic mass is 9.86. The van der Waals surface area contributed by atoms with Gasteiger partial charge in [0.25, 0.3) is 5.91 Å². The smallest absolute Gasteiger partial charge is 0.256 e. The first kappa shape index (κ1) is 19.8. The van der Waals surface area contributed by atoms with Gasteiger partial charge in [-0.15, -0.1) is 0 Å². The minimum Gasteiger partial charge on any atom is -0.356 e. The number of rotatable bonds is 6. The Kier molecular flexibility index (Phi) is 7.25. The van der Waals surface area contributed by atoms with E-state index in [0.29, 0.717) is 32.0 Å². The molecule has 1 aliphatic carbocycles. The molecule has 148 valence electrons. The van der Waals surface area contributed by atoms with Crippen molar-refractivity contribution in [2.45, 2.75) is 57.8 Å². The number of carbonyl (C=O) groups excluding carboxylic acids is 2. The molecule has 27 heavy (non-hydrogen) atoms. The van der Waals surface area contributed by atoms with E-state index in [-0.39, 0.29) is 17.4 Å². The van der Waals surface area contributed by atoms with E-state index in [1.54, 1.807) is 17.0 Å². The normalized spacial score (nSPS) is 19.1. The molecule has 1 aromatic carbocycles. The quantitative estimate of drug-likeness (QED) is 0.813. The van der Waals surface area contributed by atoms with Crippen LogP contribution in [0.25, 0.3) is 0 Å². The second-order valence-electron chi connectivity index (χ2n) is 8.06. The van der Waals surface area contributed by atoms with E-state index in [2.05, 4.69) is 5.32 Å². The molecule has 0 spiro atoms. The van der Waals surface area contributed by atoms with E-state index in [1.165, 1.54) is 44.2 Å². The number of nitrogens with one attached hydrogen (secondary N) is 1.